The number of hydrogen-bond donors (Lipinski definition) is 0. The van der Waals surface area contributed by atoms with E-state index < -0.39 is 5.97 Å². The quantitative estimate of drug-likeness (QED) is 0.525. The average Bonchev–Trinajstić information content (AvgIpc) is 2.61. The lowest BCUT2D eigenvalue weighted by molar-refractivity contribution is 0.0474. The molecule has 0 spiro atoms. The smallest absolute Gasteiger partial charge is 0.338 e. The predicted octanol–water partition coefficient (Wildman–Crippen LogP) is 4.50. The Morgan fingerprint density at radius 2 is 1.62 bits per heavy atom. The number of ketones is 1. The SMILES string of the molecule is Cc1ccc(C)c(C(=O)OCC(=O)c2ccc3ccccc3c2)c1. The summed E-state index contributed by atoms with van der Waals surface area (Å²) in [6.07, 6.45) is 0. The fourth-order valence-corrected chi connectivity index (χ4v) is 2.61. The molecular formula is C21H18O3. The van der Waals surface area contributed by atoms with Gasteiger partial charge in [-0.2, -0.15) is 0 Å². The van der Waals surface area contributed by atoms with Crippen LogP contribution in [0.4, 0.5) is 0 Å². The Morgan fingerprint density at radius 1 is 0.875 bits per heavy atom. The Balaban J connectivity index is 1.72. The molecule has 0 saturated heterocycles. The first-order valence-corrected chi connectivity index (χ1v) is 7.81. The van der Waals surface area contributed by atoms with E-state index in [4.69, 9.17) is 4.74 Å². The van der Waals surface area contributed by atoms with E-state index in [2.05, 4.69) is 0 Å². The molecule has 0 saturated carbocycles. The van der Waals surface area contributed by atoms with Gasteiger partial charge in [-0.25, -0.2) is 4.79 Å². The summed E-state index contributed by atoms with van der Waals surface area (Å²) in [6, 6.07) is 18.9. The molecule has 120 valence electrons. The summed E-state index contributed by atoms with van der Waals surface area (Å²) >= 11 is 0. The van der Waals surface area contributed by atoms with E-state index in [0.717, 1.165) is 21.9 Å². The molecule has 0 aliphatic carbocycles. The van der Waals surface area contributed by atoms with E-state index in [0.29, 0.717) is 11.1 Å². The summed E-state index contributed by atoms with van der Waals surface area (Å²) in [5, 5.41) is 2.06. The highest BCUT2D eigenvalue weighted by Crippen LogP contribution is 2.17. The van der Waals surface area contributed by atoms with Crippen LogP contribution in [0.2, 0.25) is 0 Å². The number of hydrogen-bond acceptors (Lipinski definition) is 3. The van der Waals surface area contributed by atoms with E-state index in [-0.39, 0.29) is 12.4 Å². The van der Waals surface area contributed by atoms with Crippen molar-refractivity contribution >= 4 is 22.5 Å². The maximum absolute atomic E-state index is 12.3. The molecule has 3 nitrogen and oxygen atoms in total. The molecule has 0 N–H and O–H groups in total. The topological polar surface area (TPSA) is 43.4 Å². The van der Waals surface area contributed by atoms with Crippen LogP contribution in [0.1, 0.15) is 31.8 Å². The van der Waals surface area contributed by atoms with Crippen LogP contribution in [0, 0.1) is 13.8 Å². The summed E-state index contributed by atoms with van der Waals surface area (Å²) in [7, 11) is 0. The Morgan fingerprint density at radius 3 is 2.42 bits per heavy atom. The highest BCUT2D eigenvalue weighted by molar-refractivity contribution is 6.02. The first kappa shape index (κ1) is 15.9. The van der Waals surface area contributed by atoms with Crippen molar-refractivity contribution in [3.8, 4) is 0 Å². The fraction of sp³-hybridized carbons (Fsp3) is 0.143. The Hall–Kier alpha value is -2.94. The molecule has 0 aromatic heterocycles. The Kier molecular flexibility index (Phi) is 4.43. The third-order valence-electron chi connectivity index (χ3n) is 4.02. The van der Waals surface area contributed by atoms with Crippen molar-refractivity contribution < 1.29 is 14.3 Å². The molecule has 24 heavy (non-hydrogen) atoms. The van der Waals surface area contributed by atoms with Crippen molar-refractivity contribution in [2.75, 3.05) is 6.61 Å². The number of carbonyl (C=O) groups is 2. The highest BCUT2D eigenvalue weighted by Gasteiger charge is 2.14. The molecule has 3 aromatic carbocycles. The largest absolute Gasteiger partial charge is 0.454 e. The van der Waals surface area contributed by atoms with Gasteiger partial charge in [0.1, 0.15) is 0 Å². The van der Waals surface area contributed by atoms with Crippen molar-refractivity contribution in [2.45, 2.75) is 13.8 Å². The van der Waals surface area contributed by atoms with Crippen LogP contribution < -0.4 is 0 Å². The lowest BCUT2D eigenvalue weighted by Crippen LogP contribution is -2.15. The summed E-state index contributed by atoms with van der Waals surface area (Å²) in [4.78, 5) is 24.5. The van der Waals surface area contributed by atoms with Crippen molar-refractivity contribution in [3.63, 3.8) is 0 Å². The molecule has 0 amide bonds. The normalized spacial score (nSPS) is 10.6. The number of aryl methyl sites for hydroxylation is 2. The van der Waals surface area contributed by atoms with E-state index in [1.165, 1.54) is 0 Å². The minimum atomic E-state index is -0.467. The van der Waals surface area contributed by atoms with Crippen molar-refractivity contribution in [3.05, 3.63) is 82.9 Å². The summed E-state index contributed by atoms with van der Waals surface area (Å²) < 4.78 is 5.20. The van der Waals surface area contributed by atoms with Crippen LogP contribution in [-0.2, 0) is 4.74 Å². The predicted molar refractivity (Wildman–Crippen MR) is 94.5 cm³/mol. The van der Waals surface area contributed by atoms with Gasteiger partial charge in [0.05, 0.1) is 5.56 Å². The standard InChI is InChI=1S/C21H18O3/c1-14-7-8-15(2)19(11-14)21(23)24-13-20(22)18-10-9-16-5-3-4-6-17(16)12-18/h3-12H,13H2,1-2H3. The zero-order chi connectivity index (χ0) is 17.1. The van der Waals surface area contributed by atoms with Gasteiger partial charge in [0.25, 0.3) is 0 Å². The molecule has 0 aliphatic heterocycles. The molecule has 0 atom stereocenters. The second-order valence-electron chi connectivity index (χ2n) is 5.88. The van der Waals surface area contributed by atoms with Crippen LogP contribution >= 0.6 is 0 Å². The van der Waals surface area contributed by atoms with E-state index in [1.807, 2.05) is 62.4 Å². The maximum atomic E-state index is 12.3. The number of Topliss-reactive ketones (excluding diaryl/α,β-unsaturated/α-hetero) is 1. The molecule has 0 fully saturated rings. The van der Waals surface area contributed by atoms with Gasteiger partial charge in [0.15, 0.2) is 12.4 Å². The van der Waals surface area contributed by atoms with Crippen LogP contribution in [-0.4, -0.2) is 18.4 Å². The maximum Gasteiger partial charge on any atom is 0.338 e. The first-order chi connectivity index (χ1) is 11.5. The van der Waals surface area contributed by atoms with Crippen LogP contribution in [0.15, 0.2) is 60.7 Å². The monoisotopic (exact) mass is 318 g/mol. The molecule has 3 heteroatoms. The Labute approximate surface area is 140 Å². The van der Waals surface area contributed by atoms with E-state index in [9.17, 15) is 9.59 Å². The molecular weight excluding hydrogens is 300 g/mol. The van der Waals surface area contributed by atoms with Gasteiger partial charge in [0, 0.05) is 5.56 Å². The molecule has 0 radical (unpaired) electrons. The number of esters is 1. The van der Waals surface area contributed by atoms with Crippen molar-refractivity contribution in [1.29, 1.82) is 0 Å². The molecule has 0 bridgehead atoms. The third-order valence-corrected chi connectivity index (χ3v) is 4.02. The van der Waals surface area contributed by atoms with Gasteiger partial charge in [-0.1, -0.05) is 54.1 Å². The zero-order valence-electron chi connectivity index (χ0n) is 13.7. The molecule has 0 aliphatic rings. The minimum Gasteiger partial charge on any atom is -0.454 e. The van der Waals surface area contributed by atoms with Gasteiger partial charge in [-0.3, -0.25) is 4.79 Å². The molecule has 3 aromatic rings. The van der Waals surface area contributed by atoms with Crippen molar-refractivity contribution in [2.24, 2.45) is 0 Å². The average molecular weight is 318 g/mol. The van der Waals surface area contributed by atoms with Crippen LogP contribution in [0.5, 0.6) is 0 Å². The Bertz CT molecular complexity index is 925. The van der Waals surface area contributed by atoms with Gasteiger partial charge in [-0.15, -0.1) is 0 Å². The number of ether oxygens (including phenoxy) is 1. The summed E-state index contributed by atoms with van der Waals surface area (Å²) in [5.74, 6) is -0.676. The van der Waals surface area contributed by atoms with Crippen LogP contribution in [0.25, 0.3) is 10.8 Å². The lowest BCUT2D eigenvalue weighted by atomic mass is 10.0. The number of carbonyl (C=O) groups excluding carboxylic acids is 2. The summed E-state index contributed by atoms with van der Waals surface area (Å²) in [5.41, 5.74) is 2.86. The van der Waals surface area contributed by atoms with Gasteiger partial charge in [-0.05, 0) is 42.3 Å². The number of benzene rings is 3. The van der Waals surface area contributed by atoms with E-state index in [1.54, 1.807) is 12.1 Å². The lowest BCUT2D eigenvalue weighted by Gasteiger charge is -2.08. The second kappa shape index (κ2) is 6.67. The highest BCUT2D eigenvalue weighted by atomic mass is 16.5. The minimum absolute atomic E-state index is 0.209. The fourth-order valence-electron chi connectivity index (χ4n) is 2.61. The van der Waals surface area contributed by atoms with Crippen molar-refractivity contribution in [1.82, 2.24) is 0 Å². The van der Waals surface area contributed by atoms with Gasteiger partial charge >= 0.3 is 5.97 Å². The summed E-state index contributed by atoms with van der Waals surface area (Å²) in [6.45, 7) is 3.50. The molecule has 0 unspecified atom stereocenters. The van der Waals surface area contributed by atoms with Gasteiger partial charge in [0.2, 0.25) is 0 Å². The van der Waals surface area contributed by atoms with Gasteiger partial charge < -0.3 is 4.74 Å². The first-order valence-electron chi connectivity index (χ1n) is 7.81. The zero-order valence-corrected chi connectivity index (χ0v) is 13.7. The van der Waals surface area contributed by atoms with E-state index >= 15 is 0 Å². The number of rotatable bonds is 4. The van der Waals surface area contributed by atoms with Crippen LogP contribution in [0.3, 0.4) is 0 Å². The third kappa shape index (κ3) is 3.35. The number of fused-ring (bicyclic) bond motifs is 1. The second-order valence-corrected chi connectivity index (χ2v) is 5.88. The molecule has 0 heterocycles. The molecule has 3 rings (SSSR count).